The molecule has 0 saturated carbocycles. The molecule has 8 heteroatoms. The SMILES string of the molecule is CC(=O)/C=C(\C)c1ncc(-c2nnc(CO[Si](C)(C)C(C)(C)C)o2)cc1Cl. The summed E-state index contributed by atoms with van der Waals surface area (Å²) >= 11 is 6.31. The van der Waals surface area contributed by atoms with Gasteiger partial charge in [0, 0.05) is 6.20 Å². The lowest BCUT2D eigenvalue weighted by Gasteiger charge is -2.35. The third-order valence-corrected chi connectivity index (χ3v) is 9.48. The van der Waals surface area contributed by atoms with Gasteiger partial charge in [-0.05, 0) is 49.7 Å². The Morgan fingerprint density at radius 1 is 1.30 bits per heavy atom. The number of aromatic nitrogens is 3. The van der Waals surface area contributed by atoms with E-state index in [4.69, 9.17) is 20.4 Å². The summed E-state index contributed by atoms with van der Waals surface area (Å²) in [4.78, 5) is 15.6. The van der Waals surface area contributed by atoms with Gasteiger partial charge in [0.2, 0.25) is 11.8 Å². The lowest BCUT2D eigenvalue weighted by Crippen LogP contribution is -2.40. The van der Waals surface area contributed by atoms with Crippen LogP contribution in [-0.4, -0.2) is 29.3 Å². The van der Waals surface area contributed by atoms with Gasteiger partial charge >= 0.3 is 0 Å². The summed E-state index contributed by atoms with van der Waals surface area (Å²) in [6.45, 7) is 14.4. The number of allylic oxidation sites excluding steroid dienone is 2. The number of hydrogen-bond donors (Lipinski definition) is 0. The molecule has 0 aliphatic rings. The van der Waals surface area contributed by atoms with E-state index in [2.05, 4.69) is 49.0 Å². The standard InChI is InChI=1S/C19H26ClN3O3Si/c1-12(8-13(2)24)17-15(20)9-14(10-21-17)18-23-22-16(26-18)11-25-27(6,7)19(3,4)5/h8-10H,11H2,1-7H3/b12-8+. The zero-order valence-corrected chi connectivity index (χ0v) is 18.6. The monoisotopic (exact) mass is 407 g/mol. The molecule has 0 N–H and O–H groups in total. The predicted octanol–water partition coefficient (Wildman–Crippen LogP) is 5.30. The van der Waals surface area contributed by atoms with Gasteiger partial charge in [-0.3, -0.25) is 9.78 Å². The van der Waals surface area contributed by atoms with Crippen molar-refractivity contribution in [3.63, 3.8) is 0 Å². The largest absolute Gasteiger partial charge is 0.418 e. The van der Waals surface area contributed by atoms with Gasteiger partial charge in [0.1, 0.15) is 6.61 Å². The highest BCUT2D eigenvalue weighted by molar-refractivity contribution is 6.74. The summed E-state index contributed by atoms with van der Waals surface area (Å²) in [5, 5.41) is 8.64. The first-order chi connectivity index (χ1) is 12.4. The molecule has 0 aliphatic carbocycles. The summed E-state index contributed by atoms with van der Waals surface area (Å²) < 4.78 is 11.8. The van der Waals surface area contributed by atoms with Crippen molar-refractivity contribution < 1.29 is 13.6 Å². The molecular weight excluding hydrogens is 382 g/mol. The molecule has 0 unspecified atom stereocenters. The Bertz CT molecular complexity index is 869. The minimum Gasteiger partial charge on any atom is -0.418 e. The van der Waals surface area contributed by atoms with Crippen molar-refractivity contribution in [2.24, 2.45) is 0 Å². The Labute approximate surface area is 166 Å². The van der Waals surface area contributed by atoms with Crippen molar-refractivity contribution in [3.05, 3.63) is 34.9 Å². The van der Waals surface area contributed by atoms with Gasteiger partial charge in [-0.2, -0.15) is 0 Å². The van der Waals surface area contributed by atoms with Crippen LogP contribution < -0.4 is 0 Å². The first-order valence-electron chi connectivity index (χ1n) is 8.72. The topological polar surface area (TPSA) is 78.1 Å². The molecule has 0 fully saturated rings. The second kappa shape index (κ2) is 8.04. The van der Waals surface area contributed by atoms with Crippen LogP contribution in [0, 0.1) is 0 Å². The number of ketones is 1. The molecule has 2 heterocycles. The summed E-state index contributed by atoms with van der Waals surface area (Å²) in [7, 11) is -1.90. The second-order valence-electron chi connectivity index (χ2n) is 8.04. The molecule has 0 aromatic carbocycles. The maximum atomic E-state index is 11.2. The summed E-state index contributed by atoms with van der Waals surface area (Å²) in [6.07, 6.45) is 3.10. The van der Waals surface area contributed by atoms with Crippen LogP contribution >= 0.6 is 11.6 Å². The summed E-state index contributed by atoms with van der Waals surface area (Å²) in [5.74, 6) is 0.693. The van der Waals surface area contributed by atoms with Crippen LogP contribution in [0.5, 0.6) is 0 Å². The molecule has 0 radical (unpaired) electrons. The molecule has 2 rings (SSSR count). The van der Waals surface area contributed by atoms with Crippen molar-refractivity contribution in [3.8, 4) is 11.5 Å². The predicted molar refractivity (Wildman–Crippen MR) is 109 cm³/mol. The number of carbonyl (C=O) groups is 1. The molecule has 0 aliphatic heterocycles. The van der Waals surface area contributed by atoms with E-state index in [1.54, 1.807) is 19.2 Å². The number of hydrogen-bond acceptors (Lipinski definition) is 6. The van der Waals surface area contributed by atoms with Gasteiger partial charge in [-0.15, -0.1) is 10.2 Å². The zero-order valence-electron chi connectivity index (χ0n) is 16.9. The molecule has 6 nitrogen and oxygen atoms in total. The lowest BCUT2D eigenvalue weighted by molar-refractivity contribution is -0.112. The van der Waals surface area contributed by atoms with Gasteiger partial charge in [0.05, 0.1) is 16.3 Å². The smallest absolute Gasteiger partial charge is 0.249 e. The van der Waals surface area contributed by atoms with Crippen LogP contribution in [0.4, 0.5) is 0 Å². The molecule has 0 amide bonds. The average molecular weight is 408 g/mol. The quantitative estimate of drug-likeness (QED) is 0.477. The number of rotatable bonds is 6. The van der Waals surface area contributed by atoms with Crippen molar-refractivity contribution in [1.29, 1.82) is 0 Å². The van der Waals surface area contributed by atoms with Gasteiger partial charge in [-0.25, -0.2) is 0 Å². The number of nitrogens with zero attached hydrogens (tertiary/aromatic N) is 3. The van der Waals surface area contributed by atoms with Crippen LogP contribution in [0.1, 0.15) is 46.2 Å². The fourth-order valence-corrected chi connectivity index (χ4v) is 3.34. The minimum absolute atomic E-state index is 0.0577. The van der Waals surface area contributed by atoms with Crippen LogP contribution in [0.3, 0.4) is 0 Å². The second-order valence-corrected chi connectivity index (χ2v) is 13.3. The Balaban J connectivity index is 2.17. The number of pyridine rings is 1. The number of halogens is 1. The lowest BCUT2D eigenvalue weighted by atomic mass is 10.1. The fourth-order valence-electron chi connectivity index (χ4n) is 2.11. The highest BCUT2D eigenvalue weighted by atomic mass is 35.5. The Morgan fingerprint density at radius 2 is 1.96 bits per heavy atom. The van der Waals surface area contributed by atoms with E-state index in [1.807, 2.05) is 0 Å². The molecule has 0 spiro atoms. The van der Waals surface area contributed by atoms with Crippen molar-refractivity contribution in [2.75, 3.05) is 0 Å². The van der Waals surface area contributed by atoms with Crippen molar-refractivity contribution in [1.82, 2.24) is 15.2 Å². The maximum Gasteiger partial charge on any atom is 0.249 e. The highest BCUT2D eigenvalue weighted by Gasteiger charge is 2.37. The molecule has 0 bridgehead atoms. The average Bonchev–Trinajstić information content (AvgIpc) is 3.00. The number of carbonyl (C=O) groups excluding carboxylic acids is 1. The van der Waals surface area contributed by atoms with E-state index in [9.17, 15) is 4.79 Å². The molecule has 146 valence electrons. The third-order valence-electron chi connectivity index (χ3n) is 4.71. The minimum atomic E-state index is -1.90. The van der Waals surface area contributed by atoms with E-state index < -0.39 is 8.32 Å². The van der Waals surface area contributed by atoms with E-state index in [0.717, 1.165) is 0 Å². The zero-order chi connectivity index (χ0) is 20.4. The fraction of sp³-hybridized carbons (Fsp3) is 0.474. The van der Waals surface area contributed by atoms with E-state index in [-0.39, 0.29) is 17.4 Å². The molecule has 2 aromatic rings. The summed E-state index contributed by atoms with van der Waals surface area (Å²) in [6, 6.07) is 1.70. The van der Waals surface area contributed by atoms with E-state index in [1.165, 1.54) is 13.0 Å². The van der Waals surface area contributed by atoms with E-state index >= 15 is 0 Å². The summed E-state index contributed by atoms with van der Waals surface area (Å²) in [5.41, 5.74) is 1.87. The maximum absolute atomic E-state index is 11.2. The molecule has 0 saturated heterocycles. The van der Waals surface area contributed by atoms with Crippen LogP contribution in [0.15, 0.2) is 22.8 Å². The first kappa shape index (κ1) is 21.5. The normalized spacial score (nSPS) is 13.1. The van der Waals surface area contributed by atoms with Gasteiger partial charge in [0.15, 0.2) is 14.1 Å². The van der Waals surface area contributed by atoms with Gasteiger partial charge in [0.25, 0.3) is 0 Å². The van der Waals surface area contributed by atoms with Crippen molar-refractivity contribution in [2.45, 2.75) is 59.4 Å². The van der Waals surface area contributed by atoms with E-state index in [0.29, 0.717) is 33.6 Å². The first-order valence-corrected chi connectivity index (χ1v) is 12.0. The Hall–Kier alpha value is -1.83. The molecular formula is C19H26ClN3O3Si. The van der Waals surface area contributed by atoms with Crippen LogP contribution in [0.2, 0.25) is 23.2 Å². The van der Waals surface area contributed by atoms with Gasteiger partial charge < -0.3 is 8.84 Å². The Morgan fingerprint density at radius 3 is 2.52 bits per heavy atom. The van der Waals surface area contributed by atoms with Crippen molar-refractivity contribution >= 4 is 31.3 Å². The molecule has 0 atom stereocenters. The highest BCUT2D eigenvalue weighted by Crippen LogP contribution is 2.37. The van der Waals surface area contributed by atoms with Crippen LogP contribution in [-0.2, 0) is 15.8 Å². The third kappa shape index (κ3) is 5.34. The Kier molecular flexibility index (Phi) is 6.39. The molecule has 27 heavy (non-hydrogen) atoms. The molecule has 2 aromatic heterocycles. The van der Waals surface area contributed by atoms with Gasteiger partial charge in [-0.1, -0.05) is 32.4 Å². The van der Waals surface area contributed by atoms with Crippen LogP contribution in [0.25, 0.3) is 17.0 Å².